The van der Waals surface area contributed by atoms with Crippen molar-refractivity contribution in [2.75, 3.05) is 31.3 Å². The summed E-state index contributed by atoms with van der Waals surface area (Å²) in [5, 5.41) is 3.29. The number of hydrogen-bond donors (Lipinski definition) is 2. The molecule has 90 valence electrons. The van der Waals surface area contributed by atoms with Gasteiger partial charge in [0.05, 0.1) is 12.9 Å². The fourth-order valence-electron chi connectivity index (χ4n) is 1.64. The van der Waals surface area contributed by atoms with E-state index in [2.05, 4.69) is 5.32 Å². The van der Waals surface area contributed by atoms with Gasteiger partial charge in [0, 0.05) is 30.6 Å². The van der Waals surface area contributed by atoms with Gasteiger partial charge in [-0.05, 0) is 30.3 Å². The summed E-state index contributed by atoms with van der Waals surface area (Å²) in [7, 11) is 1.68. The molecule has 0 unspecified atom stereocenters. The highest BCUT2D eigenvalue weighted by Gasteiger charge is 2.07. The summed E-state index contributed by atoms with van der Waals surface area (Å²) in [4.78, 5) is 0. The van der Waals surface area contributed by atoms with Gasteiger partial charge in [-0.2, -0.15) is 0 Å². The average Bonchev–Trinajstić information content (AvgIpc) is 2.85. The van der Waals surface area contributed by atoms with E-state index in [1.54, 1.807) is 13.4 Å². The van der Waals surface area contributed by atoms with E-state index in [0.717, 1.165) is 23.6 Å². The fourth-order valence-corrected chi connectivity index (χ4v) is 1.64. The van der Waals surface area contributed by atoms with Crippen LogP contribution in [0.4, 0.5) is 11.4 Å². The molecular formula is C13H16N2O2. The van der Waals surface area contributed by atoms with Crippen molar-refractivity contribution in [1.82, 2.24) is 0 Å². The number of benzene rings is 1. The molecule has 4 heteroatoms. The molecule has 0 bridgehead atoms. The van der Waals surface area contributed by atoms with E-state index >= 15 is 0 Å². The number of hydrogen-bond acceptors (Lipinski definition) is 4. The van der Waals surface area contributed by atoms with Crippen LogP contribution in [-0.2, 0) is 4.74 Å². The first-order valence-electron chi connectivity index (χ1n) is 5.47. The number of methoxy groups -OCH3 is 1. The molecule has 0 aliphatic carbocycles. The predicted octanol–water partition coefficient (Wildman–Crippen LogP) is 2.59. The number of furan rings is 1. The van der Waals surface area contributed by atoms with Crippen LogP contribution in [0.1, 0.15) is 0 Å². The van der Waals surface area contributed by atoms with Gasteiger partial charge in [0.2, 0.25) is 0 Å². The Kier molecular flexibility index (Phi) is 3.67. The van der Waals surface area contributed by atoms with E-state index in [0.29, 0.717) is 12.3 Å². The third-order valence-electron chi connectivity index (χ3n) is 2.45. The van der Waals surface area contributed by atoms with Gasteiger partial charge in [-0.1, -0.05) is 0 Å². The lowest BCUT2D eigenvalue weighted by Gasteiger charge is -2.11. The number of nitrogens with two attached hydrogens (primary N) is 1. The summed E-state index contributed by atoms with van der Waals surface area (Å²) in [6, 6.07) is 9.48. The summed E-state index contributed by atoms with van der Waals surface area (Å²) in [5.74, 6) is 0.803. The van der Waals surface area contributed by atoms with Gasteiger partial charge in [0.25, 0.3) is 0 Å². The quantitative estimate of drug-likeness (QED) is 0.614. The van der Waals surface area contributed by atoms with Crippen LogP contribution in [0.3, 0.4) is 0 Å². The molecule has 1 aromatic carbocycles. The van der Waals surface area contributed by atoms with Crippen LogP contribution in [0.5, 0.6) is 0 Å². The van der Waals surface area contributed by atoms with Crippen molar-refractivity contribution in [3.8, 4) is 11.3 Å². The highest BCUT2D eigenvalue weighted by atomic mass is 16.5. The molecule has 4 nitrogen and oxygen atoms in total. The molecule has 0 fully saturated rings. The van der Waals surface area contributed by atoms with Crippen molar-refractivity contribution < 1.29 is 9.15 Å². The van der Waals surface area contributed by atoms with Gasteiger partial charge >= 0.3 is 0 Å². The van der Waals surface area contributed by atoms with Crippen LogP contribution in [-0.4, -0.2) is 20.3 Å². The van der Waals surface area contributed by atoms with E-state index in [-0.39, 0.29) is 0 Å². The van der Waals surface area contributed by atoms with Crippen molar-refractivity contribution in [1.29, 1.82) is 0 Å². The minimum Gasteiger partial charge on any atom is -0.464 e. The second-order valence-corrected chi connectivity index (χ2v) is 3.70. The molecule has 0 amide bonds. The second kappa shape index (κ2) is 5.41. The molecule has 0 aliphatic rings. The summed E-state index contributed by atoms with van der Waals surface area (Å²) < 4.78 is 10.4. The van der Waals surface area contributed by atoms with E-state index in [1.807, 2.05) is 30.3 Å². The first-order chi connectivity index (χ1) is 8.31. The molecule has 2 aromatic rings. The fraction of sp³-hybridized carbons (Fsp3) is 0.231. The summed E-state index contributed by atoms with van der Waals surface area (Å²) in [6.45, 7) is 1.40. The Labute approximate surface area is 100 Å². The van der Waals surface area contributed by atoms with Gasteiger partial charge < -0.3 is 20.2 Å². The SMILES string of the molecule is COCCNc1ccc(N)cc1-c1ccco1. The molecule has 0 aliphatic heterocycles. The van der Waals surface area contributed by atoms with Crippen molar-refractivity contribution in [3.05, 3.63) is 36.6 Å². The number of nitrogen functional groups attached to an aromatic ring is 1. The molecule has 0 saturated heterocycles. The van der Waals surface area contributed by atoms with Crippen LogP contribution in [0.25, 0.3) is 11.3 Å². The molecule has 0 spiro atoms. The van der Waals surface area contributed by atoms with E-state index in [1.165, 1.54) is 0 Å². The molecular weight excluding hydrogens is 216 g/mol. The second-order valence-electron chi connectivity index (χ2n) is 3.70. The molecule has 0 radical (unpaired) electrons. The Balaban J connectivity index is 2.25. The monoisotopic (exact) mass is 232 g/mol. The maximum atomic E-state index is 5.79. The number of rotatable bonds is 5. The minimum absolute atomic E-state index is 0.655. The summed E-state index contributed by atoms with van der Waals surface area (Å²) in [5.41, 5.74) is 8.47. The molecule has 0 atom stereocenters. The zero-order valence-electron chi connectivity index (χ0n) is 9.77. The average molecular weight is 232 g/mol. The Hall–Kier alpha value is -1.94. The standard InChI is InChI=1S/C13H16N2O2/c1-16-8-6-15-12-5-4-10(14)9-11(12)13-3-2-7-17-13/h2-5,7,9,15H,6,8,14H2,1H3. The third kappa shape index (κ3) is 2.79. The Bertz CT molecular complexity index is 466. The number of nitrogens with one attached hydrogen (secondary N) is 1. The van der Waals surface area contributed by atoms with E-state index in [4.69, 9.17) is 14.9 Å². The lowest BCUT2D eigenvalue weighted by molar-refractivity contribution is 0.211. The smallest absolute Gasteiger partial charge is 0.136 e. The van der Waals surface area contributed by atoms with E-state index < -0.39 is 0 Å². The number of ether oxygens (including phenoxy) is 1. The molecule has 17 heavy (non-hydrogen) atoms. The summed E-state index contributed by atoms with van der Waals surface area (Å²) >= 11 is 0. The van der Waals surface area contributed by atoms with E-state index in [9.17, 15) is 0 Å². The highest BCUT2D eigenvalue weighted by molar-refractivity contribution is 5.77. The van der Waals surface area contributed by atoms with Gasteiger partial charge in [-0.3, -0.25) is 0 Å². The Morgan fingerprint density at radius 3 is 2.94 bits per heavy atom. The molecule has 0 saturated carbocycles. The van der Waals surface area contributed by atoms with Crippen LogP contribution < -0.4 is 11.1 Å². The zero-order chi connectivity index (χ0) is 12.1. The summed E-state index contributed by atoms with van der Waals surface area (Å²) in [6.07, 6.45) is 1.65. The van der Waals surface area contributed by atoms with Crippen molar-refractivity contribution >= 4 is 11.4 Å². The van der Waals surface area contributed by atoms with Crippen molar-refractivity contribution in [2.45, 2.75) is 0 Å². The molecule has 3 N–H and O–H groups in total. The normalized spacial score (nSPS) is 10.4. The molecule has 1 heterocycles. The Morgan fingerprint density at radius 2 is 2.24 bits per heavy atom. The van der Waals surface area contributed by atoms with Crippen LogP contribution in [0.2, 0.25) is 0 Å². The lowest BCUT2D eigenvalue weighted by Crippen LogP contribution is -2.08. The molecule has 2 rings (SSSR count). The zero-order valence-corrected chi connectivity index (χ0v) is 9.77. The van der Waals surface area contributed by atoms with Crippen LogP contribution in [0, 0.1) is 0 Å². The predicted molar refractivity (Wildman–Crippen MR) is 68.9 cm³/mol. The van der Waals surface area contributed by atoms with Crippen LogP contribution in [0.15, 0.2) is 41.0 Å². The maximum absolute atomic E-state index is 5.79. The third-order valence-corrected chi connectivity index (χ3v) is 2.45. The largest absolute Gasteiger partial charge is 0.464 e. The number of anilines is 2. The van der Waals surface area contributed by atoms with Gasteiger partial charge in [0.1, 0.15) is 5.76 Å². The molecule has 1 aromatic heterocycles. The lowest BCUT2D eigenvalue weighted by atomic mass is 10.1. The Morgan fingerprint density at radius 1 is 1.35 bits per heavy atom. The van der Waals surface area contributed by atoms with Gasteiger partial charge in [0.15, 0.2) is 0 Å². The van der Waals surface area contributed by atoms with Crippen LogP contribution >= 0.6 is 0 Å². The van der Waals surface area contributed by atoms with Crippen molar-refractivity contribution in [2.24, 2.45) is 0 Å². The van der Waals surface area contributed by atoms with Crippen molar-refractivity contribution in [3.63, 3.8) is 0 Å². The topological polar surface area (TPSA) is 60.4 Å². The highest BCUT2D eigenvalue weighted by Crippen LogP contribution is 2.30. The van der Waals surface area contributed by atoms with Gasteiger partial charge in [-0.25, -0.2) is 0 Å². The maximum Gasteiger partial charge on any atom is 0.136 e. The van der Waals surface area contributed by atoms with Gasteiger partial charge in [-0.15, -0.1) is 0 Å². The minimum atomic E-state index is 0.655. The first kappa shape index (κ1) is 11.5. The first-order valence-corrected chi connectivity index (χ1v) is 5.47.